The number of halogens is 2. The van der Waals surface area contributed by atoms with Crippen molar-refractivity contribution in [3.8, 4) is 0 Å². The number of rotatable bonds is 2. The third kappa shape index (κ3) is 2.26. The van der Waals surface area contributed by atoms with E-state index in [1.807, 2.05) is 0 Å². The van der Waals surface area contributed by atoms with Crippen LogP contribution in [0.3, 0.4) is 0 Å². The second kappa shape index (κ2) is 4.93. The number of para-hydroxylation sites is 1. The van der Waals surface area contributed by atoms with Crippen LogP contribution < -0.4 is 4.90 Å². The van der Waals surface area contributed by atoms with Crippen LogP contribution in [-0.2, 0) is 16.9 Å². The molecule has 1 amide bonds. The van der Waals surface area contributed by atoms with Crippen LogP contribution >= 0.6 is 15.9 Å². The molecule has 3 nitrogen and oxygen atoms in total. The van der Waals surface area contributed by atoms with Crippen molar-refractivity contribution in [3.05, 3.63) is 63.9 Å². The molecule has 1 N–H and O–H groups in total. The number of hydrogen-bond donors (Lipinski definition) is 1. The third-order valence-electron chi connectivity index (χ3n) is 3.72. The van der Waals surface area contributed by atoms with Gasteiger partial charge in [0.15, 0.2) is 5.60 Å². The number of hydrogen-bond acceptors (Lipinski definition) is 2. The molecule has 0 fully saturated rings. The minimum Gasteiger partial charge on any atom is -0.375 e. The van der Waals surface area contributed by atoms with Crippen LogP contribution in [-0.4, -0.2) is 11.0 Å². The van der Waals surface area contributed by atoms with Crippen LogP contribution in [0.15, 0.2) is 46.9 Å². The Labute approximate surface area is 130 Å². The minimum absolute atomic E-state index is 0.0884. The number of benzene rings is 2. The summed E-state index contributed by atoms with van der Waals surface area (Å²) in [6.07, 6.45) is 0. The highest BCUT2D eigenvalue weighted by Gasteiger charge is 2.45. The van der Waals surface area contributed by atoms with E-state index in [9.17, 15) is 14.3 Å². The van der Waals surface area contributed by atoms with E-state index in [-0.39, 0.29) is 12.4 Å². The van der Waals surface area contributed by atoms with Crippen molar-refractivity contribution in [3.63, 3.8) is 0 Å². The maximum absolute atomic E-state index is 14.0. The summed E-state index contributed by atoms with van der Waals surface area (Å²) >= 11 is 3.20. The van der Waals surface area contributed by atoms with Crippen molar-refractivity contribution in [2.45, 2.75) is 19.1 Å². The fourth-order valence-corrected chi connectivity index (χ4v) is 2.92. The van der Waals surface area contributed by atoms with Crippen molar-refractivity contribution in [1.29, 1.82) is 0 Å². The molecule has 108 valence electrons. The number of carbonyl (C=O) groups excluding carboxylic acids is 1. The van der Waals surface area contributed by atoms with Gasteiger partial charge in [0.1, 0.15) is 5.82 Å². The first kappa shape index (κ1) is 14.2. The Hall–Kier alpha value is -1.72. The maximum atomic E-state index is 14.0. The molecule has 1 heterocycles. The van der Waals surface area contributed by atoms with Gasteiger partial charge in [-0.1, -0.05) is 40.2 Å². The summed E-state index contributed by atoms with van der Waals surface area (Å²) in [7, 11) is 0. The van der Waals surface area contributed by atoms with E-state index in [0.29, 0.717) is 21.3 Å². The molecule has 0 saturated heterocycles. The zero-order valence-corrected chi connectivity index (χ0v) is 12.9. The fraction of sp³-hybridized carbons (Fsp3) is 0.188. The molecular weight excluding hydrogens is 337 g/mol. The molecule has 0 bridgehead atoms. The van der Waals surface area contributed by atoms with Gasteiger partial charge in [-0.05, 0) is 25.1 Å². The molecule has 1 aliphatic heterocycles. The first-order valence-corrected chi connectivity index (χ1v) is 7.28. The quantitative estimate of drug-likeness (QED) is 0.903. The van der Waals surface area contributed by atoms with Crippen LogP contribution in [0.25, 0.3) is 0 Å². The average Bonchev–Trinajstić information content (AvgIpc) is 2.63. The smallest absolute Gasteiger partial charge is 0.263 e. The molecule has 5 heteroatoms. The highest BCUT2D eigenvalue weighted by molar-refractivity contribution is 9.10. The Morgan fingerprint density at radius 2 is 2.00 bits per heavy atom. The molecule has 0 aromatic heterocycles. The van der Waals surface area contributed by atoms with Crippen LogP contribution in [0.5, 0.6) is 0 Å². The zero-order chi connectivity index (χ0) is 15.2. The van der Waals surface area contributed by atoms with Gasteiger partial charge in [0.25, 0.3) is 5.91 Å². The second-order valence-electron chi connectivity index (χ2n) is 5.22. The van der Waals surface area contributed by atoms with E-state index in [0.717, 1.165) is 0 Å². The Kier molecular flexibility index (Phi) is 3.34. The molecule has 2 aromatic carbocycles. The number of fused-ring (bicyclic) bond motifs is 1. The molecule has 21 heavy (non-hydrogen) atoms. The van der Waals surface area contributed by atoms with Gasteiger partial charge in [0.05, 0.1) is 12.2 Å². The Morgan fingerprint density at radius 3 is 2.71 bits per heavy atom. The first-order valence-electron chi connectivity index (χ1n) is 6.49. The van der Waals surface area contributed by atoms with Crippen molar-refractivity contribution in [1.82, 2.24) is 0 Å². The third-order valence-corrected chi connectivity index (χ3v) is 4.22. The van der Waals surface area contributed by atoms with Crippen LogP contribution in [0.2, 0.25) is 0 Å². The van der Waals surface area contributed by atoms with Gasteiger partial charge in [0, 0.05) is 15.6 Å². The number of carbonyl (C=O) groups is 1. The van der Waals surface area contributed by atoms with Gasteiger partial charge in [-0.15, -0.1) is 0 Å². The molecule has 0 radical (unpaired) electrons. The average molecular weight is 350 g/mol. The first-order chi connectivity index (χ1) is 9.91. The van der Waals surface area contributed by atoms with E-state index in [1.54, 1.807) is 36.4 Å². The van der Waals surface area contributed by atoms with Crippen LogP contribution in [0, 0.1) is 5.82 Å². The summed E-state index contributed by atoms with van der Waals surface area (Å²) in [6, 6.07) is 11.7. The van der Waals surface area contributed by atoms with Gasteiger partial charge >= 0.3 is 0 Å². The summed E-state index contributed by atoms with van der Waals surface area (Å²) in [6.45, 7) is 1.55. The van der Waals surface area contributed by atoms with Gasteiger partial charge in [0.2, 0.25) is 0 Å². The Morgan fingerprint density at radius 1 is 1.29 bits per heavy atom. The fourth-order valence-electron chi connectivity index (χ4n) is 2.59. The largest absolute Gasteiger partial charge is 0.375 e. The van der Waals surface area contributed by atoms with E-state index in [4.69, 9.17) is 0 Å². The number of aliphatic hydroxyl groups is 1. The lowest BCUT2D eigenvalue weighted by molar-refractivity contribution is -0.134. The predicted octanol–water partition coefficient (Wildman–Crippen LogP) is 3.34. The summed E-state index contributed by atoms with van der Waals surface area (Å²) in [5, 5.41) is 10.4. The molecular formula is C16H13BrFNO2. The zero-order valence-electron chi connectivity index (χ0n) is 11.3. The normalized spacial score (nSPS) is 20.8. The molecule has 2 aromatic rings. The highest BCUT2D eigenvalue weighted by atomic mass is 79.9. The number of anilines is 1. The Balaban J connectivity index is 2.02. The summed E-state index contributed by atoms with van der Waals surface area (Å²) in [5.41, 5.74) is 0.00370. The minimum atomic E-state index is -1.57. The van der Waals surface area contributed by atoms with Crippen molar-refractivity contribution in [2.24, 2.45) is 0 Å². The van der Waals surface area contributed by atoms with Gasteiger partial charge < -0.3 is 10.0 Å². The lowest BCUT2D eigenvalue weighted by Gasteiger charge is -2.20. The molecule has 3 rings (SSSR count). The van der Waals surface area contributed by atoms with E-state index < -0.39 is 11.5 Å². The van der Waals surface area contributed by atoms with Gasteiger partial charge in [-0.25, -0.2) is 4.39 Å². The van der Waals surface area contributed by atoms with E-state index in [1.165, 1.54) is 17.9 Å². The predicted molar refractivity (Wildman–Crippen MR) is 81.3 cm³/mol. The number of amides is 1. The summed E-state index contributed by atoms with van der Waals surface area (Å²) in [4.78, 5) is 13.8. The molecule has 0 saturated carbocycles. The topological polar surface area (TPSA) is 40.5 Å². The molecule has 1 atom stereocenters. The molecule has 0 aliphatic carbocycles. The van der Waals surface area contributed by atoms with Gasteiger partial charge in [-0.2, -0.15) is 0 Å². The lowest BCUT2D eigenvalue weighted by atomic mass is 9.98. The lowest BCUT2D eigenvalue weighted by Crippen LogP contribution is -2.37. The van der Waals surface area contributed by atoms with Crippen molar-refractivity contribution in [2.75, 3.05) is 4.90 Å². The SMILES string of the molecule is CC1(O)C(=O)N(Cc2ccc(Br)cc2F)c2ccccc21. The number of nitrogens with zero attached hydrogens (tertiary/aromatic N) is 1. The Bertz CT molecular complexity index is 730. The van der Waals surface area contributed by atoms with Crippen molar-refractivity contribution < 1.29 is 14.3 Å². The molecule has 1 unspecified atom stereocenters. The molecule has 0 spiro atoms. The van der Waals surface area contributed by atoms with E-state index >= 15 is 0 Å². The highest BCUT2D eigenvalue weighted by Crippen LogP contribution is 2.40. The van der Waals surface area contributed by atoms with E-state index in [2.05, 4.69) is 15.9 Å². The van der Waals surface area contributed by atoms with Gasteiger partial charge in [-0.3, -0.25) is 4.79 Å². The maximum Gasteiger partial charge on any atom is 0.263 e. The van der Waals surface area contributed by atoms with Crippen molar-refractivity contribution >= 4 is 27.5 Å². The van der Waals surface area contributed by atoms with Crippen LogP contribution in [0.4, 0.5) is 10.1 Å². The standard InChI is InChI=1S/C16H13BrFNO2/c1-16(21)12-4-2-3-5-14(12)19(15(16)20)9-10-6-7-11(17)8-13(10)18/h2-8,21H,9H2,1H3. The summed E-state index contributed by atoms with van der Waals surface area (Å²) in [5.74, 6) is -0.827. The molecule has 1 aliphatic rings. The summed E-state index contributed by atoms with van der Waals surface area (Å²) < 4.78 is 14.6. The second-order valence-corrected chi connectivity index (χ2v) is 6.13. The van der Waals surface area contributed by atoms with Crippen LogP contribution in [0.1, 0.15) is 18.1 Å². The monoisotopic (exact) mass is 349 g/mol.